The molecular weight excluding hydrogens is 180 g/mol. The van der Waals surface area contributed by atoms with Gasteiger partial charge in [0.15, 0.2) is 0 Å². The molecule has 4 nitrogen and oxygen atoms in total. The Hall–Kier alpha value is -1.58. The van der Waals surface area contributed by atoms with E-state index in [1.807, 2.05) is 12.1 Å². The Morgan fingerprint density at radius 3 is 3.14 bits per heavy atom. The van der Waals surface area contributed by atoms with Crippen molar-refractivity contribution in [2.24, 2.45) is 0 Å². The predicted molar refractivity (Wildman–Crippen MR) is 51.2 cm³/mol. The molecule has 1 saturated heterocycles. The molecular formula is C10H12N2O2. The first-order chi connectivity index (χ1) is 6.79. The summed E-state index contributed by atoms with van der Waals surface area (Å²) in [7, 11) is 1.59. The fraction of sp³-hybridized carbons (Fsp3) is 0.400. The van der Waals surface area contributed by atoms with E-state index in [-0.39, 0.29) is 11.8 Å². The van der Waals surface area contributed by atoms with Crippen LogP contribution >= 0.6 is 0 Å². The van der Waals surface area contributed by atoms with Crippen molar-refractivity contribution in [2.45, 2.75) is 12.3 Å². The van der Waals surface area contributed by atoms with Crippen molar-refractivity contribution in [2.75, 3.05) is 13.7 Å². The fourth-order valence-corrected chi connectivity index (χ4v) is 1.63. The summed E-state index contributed by atoms with van der Waals surface area (Å²) in [5.74, 6) is 0.979. The summed E-state index contributed by atoms with van der Waals surface area (Å²) in [6.45, 7) is 0.714. The Bertz CT molecular complexity index is 352. The van der Waals surface area contributed by atoms with Crippen LogP contribution in [-0.2, 0) is 4.79 Å². The van der Waals surface area contributed by atoms with Gasteiger partial charge in [-0.1, -0.05) is 0 Å². The van der Waals surface area contributed by atoms with Gasteiger partial charge in [-0.05, 0) is 11.6 Å². The minimum atomic E-state index is 0.116. The molecule has 14 heavy (non-hydrogen) atoms. The van der Waals surface area contributed by atoms with Gasteiger partial charge in [0.2, 0.25) is 11.8 Å². The standard InChI is InChI=1S/C10H12N2O2/c1-14-10-5-7(2-3-11-10)8-4-9(13)12-6-8/h2-3,5,8H,4,6H2,1H3,(H,12,13). The molecule has 0 aliphatic carbocycles. The zero-order valence-corrected chi connectivity index (χ0v) is 7.99. The topological polar surface area (TPSA) is 51.2 Å². The number of hydrogen-bond donors (Lipinski definition) is 1. The maximum atomic E-state index is 11.0. The van der Waals surface area contributed by atoms with Gasteiger partial charge in [-0.2, -0.15) is 0 Å². The predicted octanol–water partition coefficient (Wildman–Crippen LogP) is 0.694. The SMILES string of the molecule is COc1cc(C2CNC(=O)C2)ccn1. The second kappa shape index (κ2) is 3.65. The Kier molecular flexibility index (Phi) is 2.35. The van der Waals surface area contributed by atoms with Crippen LogP contribution in [0.1, 0.15) is 17.9 Å². The van der Waals surface area contributed by atoms with Crippen molar-refractivity contribution in [1.82, 2.24) is 10.3 Å². The molecule has 1 aromatic heterocycles. The number of carbonyl (C=O) groups excluding carboxylic acids is 1. The molecule has 74 valence electrons. The average molecular weight is 192 g/mol. The first kappa shape index (κ1) is 8.99. The summed E-state index contributed by atoms with van der Waals surface area (Å²) in [6.07, 6.45) is 2.27. The molecule has 1 aliphatic rings. The van der Waals surface area contributed by atoms with E-state index in [0.717, 1.165) is 5.56 Å². The average Bonchev–Trinajstić information content (AvgIpc) is 2.65. The molecule has 1 N–H and O–H groups in total. The van der Waals surface area contributed by atoms with E-state index in [1.54, 1.807) is 13.3 Å². The van der Waals surface area contributed by atoms with Crippen molar-refractivity contribution < 1.29 is 9.53 Å². The van der Waals surface area contributed by atoms with Crippen molar-refractivity contribution in [3.8, 4) is 5.88 Å². The first-order valence-corrected chi connectivity index (χ1v) is 4.56. The lowest BCUT2D eigenvalue weighted by molar-refractivity contribution is -0.119. The molecule has 1 amide bonds. The lowest BCUT2D eigenvalue weighted by atomic mass is 10.00. The van der Waals surface area contributed by atoms with Gasteiger partial charge >= 0.3 is 0 Å². The molecule has 1 aromatic rings. The van der Waals surface area contributed by atoms with Gasteiger partial charge in [-0.3, -0.25) is 4.79 Å². The highest BCUT2D eigenvalue weighted by Gasteiger charge is 2.23. The number of rotatable bonds is 2. The number of ether oxygens (including phenoxy) is 1. The summed E-state index contributed by atoms with van der Waals surface area (Å²) < 4.78 is 5.02. The molecule has 1 aliphatic heterocycles. The Labute approximate surface area is 82.3 Å². The molecule has 2 heterocycles. The molecule has 0 bridgehead atoms. The number of amides is 1. The maximum Gasteiger partial charge on any atom is 0.220 e. The van der Waals surface area contributed by atoms with Gasteiger partial charge in [0.05, 0.1) is 7.11 Å². The van der Waals surface area contributed by atoms with E-state index >= 15 is 0 Å². The molecule has 0 radical (unpaired) electrons. The summed E-state index contributed by atoms with van der Waals surface area (Å²) in [6, 6.07) is 3.80. The normalized spacial score (nSPS) is 20.6. The number of methoxy groups -OCH3 is 1. The van der Waals surface area contributed by atoms with Crippen LogP contribution in [0, 0.1) is 0 Å². The number of pyridine rings is 1. The molecule has 0 saturated carbocycles. The van der Waals surface area contributed by atoms with Crippen LogP contribution in [0.3, 0.4) is 0 Å². The third kappa shape index (κ3) is 1.69. The number of aromatic nitrogens is 1. The van der Waals surface area contributed by atoms with Crippen LogP contribution in [0.5, 0.6) is 5.88 Å². The highest BCUT2D eigenvalue weighted by Crippen LogP contribution is 2.24. The summed E-state index contributed by atoms with van der Waals surface area (Å²) >= 11 is 0. The molecule has 4 heteroatoms. The van der Waals surface area contributed by atoms with Gasteiger partial charge in [-0.25, -0.2) is 4.98 Å². The minimum absolute atomic E-state index is 0.116. The zero-order valence-electron chi connectivity index (χ0n) is 7.99. The lowest BCUT2D eigenvalue weighted by Crippen LogP contribution is -2.13. The molecule has 0 aromatic carbocycles. The summed E-state index contributed by atoms with van der Waals surface area (Å²) in [4.78, 5) is 15.0. The van der Waals surface area contributed by atoms with Crippen LogP contribution in [0.4, 0.5) is 0 Å². The fourth-order valence-electron chi connectivity index (χ4n) is 1.63. The van der Waals surface area contributed by atoms with Crippen LogP contribution in [0.2, 0.25) is 0 Å². The first-order valence-electron chi connectivity index (χ1n) is 4.56. The van der Waals surface area contributed by atoms with Gasteiger partial charge in [0.25, 0.3) is 0 Å². The van der Waals surface area contributed by atoms with Gasteiger partial charge < -0.3 is 10.1 Å². The van der Waals surface area contributed by atoms with Gasteiger partial charge in [-0.15, -0.1) is 0 Å². The summed E-state index contributed by atoms with van der Waals surface area (Å²) in [5, 5.41) is 2.81. The number of hydrogen-bond acceptors (Lipinski definition) is 3. The molecule has 1 atom stereocenters. The van der Waals surface area contributed by atoms with Crippen LogP contribution < -0.4 is 10.1 Å². The van der Waals surface area contributed by atoms with Crippen molar-refractivity contribution >= 4 is 5.91 Å². The van der Waals surface area contributed by atoms with E-state index < -0.39 is 0 Å². The molecule has 2 rings (SSSR count). The Balaban J connectivity index is 2.19. The van der Waals surface area contributed by atoms with E-state index in [1.165, 1.54) is 0 Å². The quantitative estimate of drug-likeness (QED) is 0.750. The van der Waals surface area contributed by atoms with Gasteiger partial charge in [0.1, 0.15) is 0 Å². The monoisotopic (exact) mass is 192 g/mol. The smallest absolute Gasteiger partial charge is 0.220 e. The Morgan fingerprint density at radius 1 is 1.64 bits per heavy atom. The third-order valence-corrected chi connectivity index (χ3v) is 2.42. The summed E-state index contributed by atoms with van der Waals surface area (Å²) in [5.41, 5.74) is 1.11. The van der Waals surface area contributed by atoms with Crippen molar-refractivity contribution in [1.29, 1.82) is 0 Å². The van der Waals surface area contributed by atoms with E-state index in [4.69, 9.17) is 4.74 Å². The highest BCUT2D eigenvalue weighted by molar-refractivity contribution is 5.79. The van der Waals surface area contributed by atoms with E-state index in [0.29, 0.717) is 18.8 Å². The maximum absolute atomic E-state index is 11.0. The van der Waals surface area contributed by atoms with E-state index in [9.17, 15) is 4.79 Å². The van der Waals surface area contributed by atoms with Crippen LogP contribution in [0.15, 0.2) is 18.3 Å². The number of nitrogens with zero attached hydrogens (tertiary/aromatic N) is 1. The highest BCUT2D eigenvalue weighted by atomic mass is 16.5. The second-order valence-corrected chi connectivity index (χ2v) is 3.34. The number of nitrogens with one attached hydrogen (secondary N) is 1. The van der Waals surface area contributed by atoms with Crippen LogP contribution in [0.25, 0.3) is 0 Å². The molecule has 1 unspecified atom stereocenters. The molecule has 1 fully saturated rings. The van der Waals surface area contributed by atoms with E-state index in [2.05, 4.69) is 10.3 Å². The van der Waals surface area contributed by atoms with Gasteiger partial charge in [0, 0.05) is 31.1 Å². The second-order valence-electron chi connectivity index (χ2n) is 3.34. The zero-order chi connectivity index (χ0) is 9.97. The van der Waals surface area contributed by atoms with Crippen molar-refractivity contribution in [3.05, 3.63) is 23.9 Å². The minimum Gasteiger partial charge on any atom is -0.481 e. The van der Waals surface area contributed by atoms with Crippen LogP contribution in [-0.4, -0.2) is 24.5 Å². The Morgan fingerprint density at radius 2 is 2.50 bits per heavy atom. The largest absolute Gasteiger partial charge is 0.481 e. The van der Waals surface area contributed by atoms with Crippen molar-refractivity contribution in [3.63, 3.8) is 0 Å². The third-order valence-electron chi connectivity index (χ3n) is 2.42. The molecule has 0 spiro atoms. The lowest BCUT2D eigenvalue weighted by Gasteiger charge is -2.07. The number of carbonyl (C=O) groups is 1.